The van der Waals surface area contributed by atoms with Crippen molar-refractivity contribution in [3.05, 3.63) is 16.1 Å². The standard InChI is InChI=1S/C11H20N2S2/c1-5-14-8-10-12-6-9(15-10)7-13-11(2,3)4/h6,13H,5,7-8H2,1-4H3. The van der Waals surface area contributed by atoms with E-state index in [4.69, 9.17) is 0 Å². The molecule has 0 spiro atoms. The molecule has 1 heterocycles. The van der Waals surface area contributed by atoms with Crippen molar-refractivity contribution < 1.29 is 0 Å². The Hall–Kier alpha value is -0.0600. The topological polar surface area (TPSA) is 24.9 Å². The molecule has 0 saturated heterocycles. The molecule has 1 N–H and O–H groups in total. The van der Waals surface area contributed by atoms with Crippen LogP contribution in [0.3, 0.4) is 0 Å². The molecule has 0 bridgehead atoms. The number of thioether (sulfide) groups is 1. The van der Waals surface area contributed by atoms with E-state index in [0.717, 1.165) is 18.1 Å². The first-order valence-electron chi connectivity index (χ1n) is 5.27. The Morgan fingerprint density at radius 1 is 1.47 bits per heavy atom. The maximum atomic E-state index is 4.41. The van der Waals surface area contributed by atoms with Gasteiger partial charge in [0.25, 0.3) is 0 Å². The van der Waals surface area contributed by atoms with Crippen molar-refractivity contribution >= 4 is 23.1 Å². The normalized spacial score (nSPS) is 12.0. The number of thiazole rings is 1. The molecule has 0 unspecified atom stereocenters. The summed E-state index contributed by atoms with van der Waals surface area (Å²) in [6.07, 6.45) is 2.00. The average molecular weight is 244 g/mol. The van der Waals surface area contributed by atoms with Crippen LogP contribution in [-0.2, 0) is 12.3 Å². The van der Waals surface area contributed by atoms with Gasteiger partial charge in [-0.25, -0.2) is 4.98 Å². The van der Waals surface area contributed by atoms with Gasteiger partial charge in [0.1, 0.15) is 5.01 Å². The summed E-state index contributed by atoms with van der Waals surface area (Å²) in [5.41, 5.74) is 0.183. The lowest BCUT2D eigenvalue weighted by molar-refractivity contribution is 0.426. The van der Waals surface area contributed by atoms with Crippen LogP contribution in [0.1, 0.15) is 37.6 Å². The smallest absolute Gasteiger partial charge is 0.103 e. The Bertz CT molecular complexity index is 289. The van der Waals surface area contributed by atoms with Crippen molar-refractivity contribution in [1.82, 2.24) is 10.3 Å². The molecule has 1 aromatic rings. The predicted octanol–water partition coefficient (Wildman–Crippen LogP) is 3.28. The van der Waals surface area contributed by atoms with Gasteiger partial charge in [-0.05, 0) is 26.5 Å². The maximum absolute atomic E-state index is 4.41. The summed E-state index contributed by atoms with van der Waals surface area (Å²) in [5.74, 6) is 2.21. The average Bonchev–Trinajstić information content (AvgIpc) is 2.58. The SMILES string of the molecule is CCSCc1ncc(CNC(C)(C)C)s1. The van der Waals surface area contributed by atoms with Gasteiger partial charge in [0.2, 0.25) is 0 Å². The maximum Gasteiger partial charge on any atom is 0.103 e. The molecule has 2 nitrogen and oxygen atoms in total. The molecule has 15 heavy (non-hydrogen) atoms. The van der Waals surface area contributed by atoms with Gasteiger partial charge < -0.3 is 5.32 Å². The summed E-state index contributed by atoms with van der Waals surface area (Å²) in [6.45, 7) is 9.66. The van der Waals surface area contributed by atoms with E-state index in [1.54, 1.807) is 0 Å². The number of hydrogen-bond donors (Lipinski definition) is 1. The molecule has 0 aliphatic heterocycles. The first kappa shape index (κ1) is 13.0. The fourth-order valence-electron chi connectivity index (χ4n) is 1.04. The summed E-state index contributed by atoms with van der Waals surface area (Å²) >= 11 is 3.74. The zero-order valence-corrected chi connectivity index (χ0v) is 11.6. The van der Waals surface area contributed by atoms with E-state index in [1.807, 2.05) is 29.3 Å². The van der Waals surface area contributed by atoms with Gasteiger partial charge in [-0.15, -0.1) is 11.3 Å². The molecule has 1 aromatic heterocycles. The molecule has 0 aliphatic rings. The Morgan fingerprint density at radius 2 is 2.20 bits per heavy atom. The van der Waals surface area contributed by atoms with Gasteiger partial charge in [-0.3, -0.25) is 0 Å². The van der Waals surface area contributed by atoms with E-state index in [1.165, 1.54) is 9.88 Å². The van der Waals surface area contributed by atoms with E-state index in [9.17, 15) is 0 Å². The van der Waals surface area contributed by atoms with Crippen molar-refractivity contribution in [3.63, 3.8) is 0 Å². The third kappa shape index (κ3) is 5.54. The molecule has 1 rings (SSSR count). The van der Waals surface area contributed by atoms with Crippen molar-refractivity contribution in [2.75, 3.05) is 5.75 Å². The van der Waals surface area contributed by atoms with Crippen LogP contribution in [-0.4, -0.2) is 16.3 Å². The lowest BCUT2D eigenvalue weighted by atomic mass is 10.1. The van der Waals surface area contributed by atoms with E-state index in [2.05, 4.69) is 38.0 Å². The largest absolute Gasteiger partial charge is 0.307 e. The van der Waals surface area contributed by atoms with Gasteiger partial charge in [-0.1, -0.05) is 6.92 Å². The number of nitrogens with zero attached hydrogens (tertiary/aromatic N) is 1. The van der Waals surface area contributed by atoms with E-state index in [0.29, 0.717) is 0 Å². The lowest BCUT2D eigenvalue weighted by Crippen LogP contribution is -2.34. The quantitative estimate of drug-likeness (QED) is 0.860. The van der Waals surface area contributed by atoms with Crippen LogP contribution in [0.25, 0.3) is 0 Å². The third-order valence-electron chi connectivity index (χ3n) is 1.82. The summed E-state index contributed by atoms with van der Waals surface area (Å²) in [4.78, 5) is 5.74. The number of hydrogen-bond acceptors (Lipinski definition) is 4. The highest BCUT2D eigenvalue weighted by Gasteiger charge is 2.09. The van der Waals surface area contributed by atoms with Crippen LogP contribution in [0.2, 0.25) is 0 Å². The minimum Gasteiger partial charge on any atom is -0.307 e. The molecule has 0 amide bonds. The van der Waals surface area contributed by atoms with Gasteiger partial charge >= 0.3 is 0 Å². The lowest BCUT2D eigenvalue weighted by Gasteiger charge is -2.19. The Labute approximate surface area is 101 Å². The van der Waals surface area contributed by atoms with E-state index >= 15 is 0 Å². The molecule has 0 saturated carbocycles. The Balaban J connectivity index is 2.39. The molecular formula is C11H20N2S2. The summed E-state index contributed by atoms with van der Waals surface area (Å²) < 4.78 is 0. The second kappa shape index (κ2) is 5.87. The van der Waals surface area contributed by atoms with Crippen molar-refractivity contribution in [2.45, 2.75) is 45.5 Å². The highest BCUT2D eigenvalue weighted by molar-refractivity contribution is 7.98. The molecule has 4 heteroatoms. The van der Waals surface area contributed by atoms with E-state index in [-0.39, 0.29) is 5.54 Å². The first-order valence-corrected chi connectivity index (χ1v) is 7.25. The molecule has 0 fully saturated rings. The van der Waals surface area contributed by atoms with Gasteiger partial charge in [0, 0.05) is 28.9 Å². The number of rotatable bonds is 5. The summed E-state index contributed by atoms with van der Waals surface area (Å²) in [7, 11) is 0. The molecule has 86 valence electrons. The van der Waals surface area contributed by atoms with Crippen LogP contribution in [0.15, 0.2) is 6.20 Å². The Kier molecular flexibility index (Phi) is 5.09. The molecule has 0 atom stereocenters. The monoisotopic (exact) mass is 244 g/mol. The highest BCUT2D eigenvalue weighted by Crippen LogP contribution is 2.18. The fourth-order valence-corrected chi connectivity index (χ4v) is 2.63. The van der Waals surface area contributed by atoms with Gasteiger partial charge in [0.05, 0.1) is 0 Å². The minimum atomic E-state index is 0.183. The van der Waals surface area contributed by atoms with Gasteiger partial charge in [0.15, 0.2) is 0 Å². The molecule has 0 aliphatic carbocycles. The minimum absolute atomic E-state index is 0.183. The van der Waals surface area contributed by atoms with Crippen molar-refractivity contribution in [3.8, 4) is 0 Å². The zero-order chi connectivity index (χ0) is 11.3. The zero-order valence-electron chi connectivity index (χ0n) is 9.96. The second-order valence-corrected chi connectivity index (χ2v) is 6.94. The Morgan fingerprint density at radius 3 is 2.80 bits per heavy atom. The predicted molar refractivity (Wildman–Crippen MR) is 70.5 cm³/mol. The van der Waals surface area contributed by atoms with Crippen LogP contribution in [0.5, 0.6) is 0 Å². The van der Waals surface area contributed by atoms with E-state index < -0.39 is 0 Å². The van der Waals surface area contributed by atoms with Crippen molar-refractivity contribution in [2.24, 2.45) is 0 Å². The second-order valence-electron chi connectivity index (χ2n) is 4.46. The van der Waals surface area contributed by atoms with Crippen molar-refractivity contribution in [1.29, 1.82) is 0 Å². The van der Waals surface area contributed by atoms with Gasteiger partial charge in [-0.2, -0.15) is 11.8 Å². The van der Waals surface area contributed by atoms with Crippen LogP contribution in [0, 0.1) is 0 Å². The van der Waals surface area contributed by atoms with Crippen LogP contribution in [0.4, 0.5) is 0 Å². The van der Waals surface area contributed by atoms with Crippen LogP contribution >= 0.6 is 23.1 Å². The highest BCUT2D eigenvalue weighted by atomic mass is 32.2. The fraction of sp³-hybridized carbons (Fsp3) is 0.727. The molecule has 0 radical (unpaired) electrons. The summed E-state index contributed by atoms with van der Waals surface area (Å²) in [5, 5.41) is 4.71. The number of nitrogens with one attached hydrogen (secondary N) is 1. The summed E-state index contributed by atoms with van der Waals surface area (Å²) in [6, 6.07) is 0. The first-order chi connectivity index (χ1) is 7.01. The molecule has 0 aromatic carbocycles. The number of aromatic nitrogens is 1. The molecular weight excluding hydrogens is 224 g/mol. The third-order valence-corrected chi connectivity index (χ3v) is 3.89. The van der Waals surface area contributed by atoms with Crippen LogP contribution < -0.4 is 5.32 Å².